The highest BCUT2D eigenvalue weighted by Gasteiger charge is 2.26. The van der Waals surface area contributed by atoms with E-state index < -0.39 is 0 Å². The van der Waals surface area contributed by atoms with Gasteiger partial charge in [0.2, 0.25) is 0 Å². The molecule has 1 unspecified atom stereocenters. The van der Waals surface area contributed by atoms with Crippen LogP contribution in [0.25, 0.3) is 0 Å². The van der Waals surface area contributed by atoms with Crippen molar-refractivity contribution in [2.75, 3.05) is 20.1 Å². The highest BCUT2D eigenvalue weighted by Crippen LogP contribution is 2.18. The number of hydrogen-bond donors (Lipinski definition) is 1. The highest BCUT2D eigenvalue weighted by atomic mass is 16.1. The van der Waals surface area contributed by atoms with Crippen LogP contribution in [0.15, 0.2) is 35.1 Å². The van der Waals surface area contributed by atoms with Gasteiger partial charge in [0.15, 0.2) is 0 Å². The third-order valence-corrected chi connectivity index (χ3v) is 4.33. The molecule has 1 atom stereocenters. The summed E-state index contributed by atoms with van der Waals surface area (Å²) in [6.45, 7) is 3.86. The van der Waals surface area contributed by atoms with Gasteiger partial charge >= 0.3 is 5.69 Å². The van der Waals surface area contributed by atoms with Crippen LogP contribution in [0.5, 0.6) is 0 Å². The van der Waals surface area contributed by atoms with E-state index in [0.29, 0.717) is 12.6 Å². The number of benzene rings is 1. The summed E-state index contributed by atoms with van der Waals surface area (Å²) >= 11 is 0. The Balaban J connectivity index is 1.54. The molecular formula is C16H23N5O. The lowest BCUT2D eigenvalue weighted by atomic mass is 10.2. The van der Waals surface area contributed by atoms with E-state index in [4.69, 9.17) is 0 Å². The molecule has 0 aliphatic carbocycles. The number of nitrogens with zero attached hydrogens (tertiary/aromatic N) is 4. The zero-order valence-electron chi connectivity index (χ0n) is 13.2. The Kier molecular flexibility index (Phi) is 4.40. The summed E-state index contributed by atoms with van der Waals surface area (Å²) in [4.78, 5) is 19.0. The van der Waals surface area contributed by atoms with Crippen molar-refractivity contribution in [3.8, 4) is 0 Å². The Morgan fingerprint density at radius 1 is 1.36 bits per heavy atom. The fourth-order valence-corrected chi connectivity index (χ4v) is 3.05. The minimum Gasteiger partial charge on any atom is -0.297 e. The predicted octanol–water partition coefficient (Wildman–Crippen LogP) is 0.815. The van der Waals surface area contributed by atoms with Gasteiger partial charge in [-0.2, -0.15) is 5.10 Å². The number of likely N-dealkylation sites (tertiary alicyclic amines) is 1. The number of hydrogen-bond acceptors (Lipinski definition) is 4. The van der Waals surface area contributed by atoms with Gasteiger partial charge in [0.25, 0.3) is 0 Å². The normalized spacial score (nSPS) is 19.1. The Bertz CT molecular complexity index is 663. The summed E-state index contributed by atoms with van der Waals surface area (Å²) in [6, 6.07) is 11.1. The second-order valence-electron chi connectivity index (χ2n) is 6.08. The molecule has 1 aromatic heterocycles. The second kappa shape index (κ2) is 6.46. The summed E-state index contributed by atoms with van der Waals surface area (Å²) < 4.78 is 1.35. The van der Waals surface area contributed by atoms with Crippen LogP contribution >= 0.6 is 0 Å². The largest absolute Gasteiger partial charge is 0.343 e. The van der Waals surface area contributed by atoms with Crippen molar-refractivity contribution in [2.24, 2.45) is 7.05 Å². The molecular weight excluding hydrogens is 278 g/mol. The smallest absolute Gasteiger partial charge is 0.297 e. The second-order valence-corrected chi connectivity index (χ2v) is 6.08. The molecule has 0 saturated carbocycles. The van der Waals surface area contributed by atoms with Crippen molar-refractivity contribution >= 4 is 0 Å². The third-order valence-electron chi connectivity index (χ3n) is 4.33. The number of aryl methyl sites for hydroxylation is 1. The average Bonchev–Trinajstić information content (AvgIpc) is 3.08. The third kappa shape index (κ3) is 3.45. The van der Waals surface area contributed by atoms with E-state index in [1.807, 2.05) is 0 Å². The lowest BCUT2D eigenvalue weighted by Crippen LogP contribution is -2.34. The fraction of sp³-hybridized carbons (Fsp3) is 0.500. The molecule has 1 saturated heterocycles. The van der Waals surface area contributed by atoms with E-state index >= 15 is 0 Å². The maximum atomic E-state index is 11.4. The number of rotatable bonds is 5. The van der Waals surface area contributed by atoms with E-state index in [2.05, 4.69) is 57.3 Å². The maximum Gasteiger partial charge on any atom is 0.343 e. The monoisotopic (exact) mass is 301 g/mol. The van der Waals surface area contributed by atoms with Gasteiger partial charge in [-0.15, -0.1) is 0 Å². The van der Waals surface area contributed by atoms with Crippen LogP contribution in [0.3, 0.4) is 0 Å². The van der Waals surface area contributed by atoms with Crippen molar-refractivity contribution in [3.05, 3.63) is 52.2 Å². The Hall–Kier alpha value is -1.92. The molecule has 1 aromatic carbocycles. The van der Waals surface area contributed by atoms with E-state index in [1.54, 1.807) is 7.05 Å². The summed E-state index contributed by atoms with van der Waals surface area (Å²) in [5.74, 6) is 0.733. The van der Waals surface area contributed by atoms with Gasteiger partial charge in [0.05, 0.1) is 6.54 Å². The quantitative estimate of drug-likeness (QED) is 0.888. The molecule has 6 heteroatoms. The zero-order chi connectivity index (χ0) is 15.5. The van der Waals surface area contributed by atoms with Crippen molar-refractivity contribution in [3.63, 3.8) is 0 Å². The van der Waals surface area contributed by atoms with Crippen LogP contribution in [-0.2, 0) is 20.1 Å². The van der Waals surface area contributed by atoms with Crippen molar-refractivity contribution < 1.29 is 0 Å². The van der Waals surface area contributed by atoms with Crippen LogP contribution in [0, 0.1) is 0 Å². The average molecular weight is 301 g/mol. The Morgan fingerprint density at radius 3 is 2.82 bits per heavy atom. The summed E-state index contributed by atoms with van der Waals surface area (Å²) in [7, 11) is 3.77. The molecule has 0 radical (unpaired) electrons. The molecule has 6 nitrogen and oxygen atoms in total. The highest BCUT2D eigenvalue weighted by molar-refractivity contribution is 5.14. The minimum absolute atomic E-state index is 0.152. The lowest BCUT2D eigenvalue weighted by Gasteiger charge is -2.23. The van der Waals surface area contributed by atoms with Gasteiger partial charge in [0.1, 0.15) is 5.82 Å². The maximum absolute atomic E-state index is 11.4. The van der Waals surface area contributed by atoms with Gasteiger partial charge in [0, 0.05) is 32.7 Å². The molecule has 0 bridgehead atoms. The van der Waals surface area contributed by atoms with Crippen LogP contribution in [0.2, 0.25) is 0 Å². The first kappa shape index (κ1) is 15.0. The first-order valence-corrected chi connectivity index (χ1v) is 7.70. The number of aromatic amines is 1. The van der Waals surface area contributed by atoms with E-state index in [-0.39, 0.29) is 5.69 Å². The SMILES string of the molecule is CN(Cc1nn(C)c(=O)[nH]1)C1CCN(Cc2ccccc2)C1. The van der Waals surface area contributed by atoms with Gasteiger partial charge in [-0.25, -0.2) is 9.48 Å². The fourth-order valence-electron chi connectivity index (χ4n) is 3.05. The number of aromatic nitrogens is 3. The molecule has 2 aromatic rings. The number of H-pyrrole nitrogens is 1. The molecule has 0 amide bonds. The lowest BCUT2D eigenvalue weighted by molar-refractivity contribution is 0.218. The van der Waals surface area contributed by atoms with Crippen molar-refractivity contribution in [2.45, 2.75) is 25.6 Å². The van der Waals surface area contributed by atoms with Gasteiger partial charge in [-0.1, -0.05) is 30.3 Å². The predicted molar refractivity (Wildman–Crippen MR) is 85.4 cm³/mol. The molecule has 1 aliphatic heterocycles. The van der Waals surface area contributed by atoms with Gasteiger partial charge in [-0.3, -0.25) is 14.8 Å². The first-order valence-electron chi connectivity index (χ1n) is 7.70. The Morgan fingerprint density at radius 2 is 2.14 bits per heavy atom. The molecule has 1 N–H and O–H groups in total. The van der Waals surface area contributed by atoms with Crippen molar-refractivity contribution in [1.82, 2.24) is 24.6 Å². The van der Waals surface area contributed by atoms with E-state index in [0.717, 1.165) is 31.9 Å². The Labute approximate surface area is 130 Å². The number of likely N-dealkylation sites (N-methyl/N-ethyl adjacent to an activating group) is 1. The van der Waals surface area contributed by atoms with E-state index in [1.165, 1.54) is 10.2 Å². The molecule has 3 rings (SSSR count). The van der Waals surface area contributed by atoms with Gasteiger partial charge in [-0.05, 0) is 19.0 Å². The molecule has 1 fully saturated rings. The molecule has 0 spiro atoms. The van der Waals surface area contributed by atoms with Crippen molar-refractivity contribution in [1.29, 1.82) is 0 Å². The summed E-state index contributed by atoms with van der Waals surface area (Å²) in [5.41, 5.74) is 1.21. The molecule has 2 heterocycles. The van der Waals surface area contributed by atoms with Crippen LogP contribution in [0.4, 0.5) is 0 Å². The van der Waals surface area contributed by atoms with Crippen LogP contribution in [-0.4, -0.2) is 50.7 Å². The first-order chi connectivity index (χ1) is 10.6. The topological polar surface area (TPSA) is 57.2 Å². The standard InChI is InChI=1S/C16H23N5O/c1-19(12-15-17-16(22)20(2)18-15)14-8-9-21(11-14)10-13-6-4-3-5-7-13/h3-7,14H,8-12H2,1-2H3,(H,17,18,22). The molecule has 1 aliphatic rings. The zero-order valence-corrected chi connectivity index (χ0v) is 13.2. The summed E-state index contributed by atoms with van der Waals surface area (Å²) in [5, 5.41) is 4.20. The van der Waals surface area contributed by atoms with Gasteiger partial charge < -0.3 is 0 Å². The minimum atomic E-state index is -0.152. The van der Waals surface area contributed by atoms with E-state index in [9.17, 15) is 4.79 Å². The summed E-state index contributed by atoms with van der Waals surface area (Å²) in [6.07, 6.45) is 1.15. The number of nitrogens with one attached hydrogen (secondary N) is 1. The molecule has 22 heavy (non-hydrogen) atoms. The van der Waals surface area contributed by atoms with Crippen LogP contribution < -0.4 is 5.69 Å². The molecule has 118 valence electrons. The van der Waals surface area contributed by atoms with Crippen LogP contribution in [0.1, 0.15) is 17.8 Å².